The zero-order valence-corrected chi connectivity index (χ0v) is 9.42. The van der Waals surface area contributed by atoms with E-state index in [0.29, 0.717) is 13.1 Å². The predicted molar refractivity (Wildman–Crippen MR) is 61.2 cm³/mol. The summed E-state index contributed by atoms with van der Waals surface area (Å²) >= 11 is 0. The minimum atomic E-state index is -0.709. The highest BCUT2D eigenvalue weighted by molar-refractivity contribution is 5.56. The minimum Gasteiger partial charge on any atom is -0.348 e. The second kappa shape index (κ2) is 4.50. The molecule has 0 radical (unpaired) electrons. The molecule has 0 aromatic carbocycles. The largest absolute Gasteiger partial charge is 0.375 e. The fourth-order valence-corrected chi connectivity index (χ4v) is 1.80. The molecule has 0 atom stereocenters. The summed E-state index contributed by atoms with van der Waals surface area (Å²) in [6.07, 6.45) is 1.20. The summed E-state index contributed by atoms with van der Waals surface area (Å²) in [5, 5.41) is 10.9. The van der Waals surface area contributed by atoms with Crippen LogP contribution in [-0.4, -0.2) is 53.0 Å². The van der Waals surface area contributed by atoms with Crippen molar-refractivity contribution in [2.75, 3.05) is 38.1 Å². The summed E-state index contributed by atoms with van der Waals surface area (Å²) in [5.74, 6) is 0.159. The van der Waals surface area contributed by atoms with E-state index in [2.05, 4.69) is 14.9 Å². The summed E-state index contributed by atoms with van der Waals surface area (Å²) < 4.78 is 0. The van der Waals surface area contributed by atoms with Gasteiger partial charge in [-0.2, -0.15) is 0 Å². The zero-order valence-electron chi connectivity index (χ0n) is 9.42. The monoisotopic (exact) mass is 239 g/mol. The molecule has 0 amide bonds. The molecule has 17 heavy (non-hydrogen) atoms. The fourth-order valence-electron chi connectivity index (χ4n) is 1.80. The van der Waals surface area contributed by atoms with E-state index in [-0.39, 0.29) is 5.82 Å². The molecule has 0 unspecified atom stereocenters. The molecule has 92 valence electrons. The second-order valence-electron chi connectivity index (χ2n) is 3.95. The Hall–Kier alpha value is -1.96. The van der Waals surface area contributed by atoms with Crippen LogP contribution in [0.15, 0.2) is 11.1 Å². The minimum absolute atomic E-state index is 0.159. The molecule has 8 heteroatoms. The lowest BCUT2D eigenvalue weighted by atomic mass is 10.3. The molecule has 0 spiro atoms. The molecule has 1 saturated heterocycles. The van der Waals surface area contributed by atoms with Crippen LogP contribution in [0.2, 0.25) is 0 Å². The maximum atomic E-state index is 11.4. The van der Waals surface area contributed by atoms with Crippen molar-refractivity contribution < 1.29 is 4.92 Å². The first-order valence-electron chi connectivity index (χ1n) is 5.25. The maximum Gasteiger partial charge on any atom is 0.375 e. The molecule has 1 N–H and O–H groups in total. The van der Waals surface area contributed by atoms with E-state index in [1.807, 2.05) is 7.05 Å². The number of nitrogens with zero attached hydrogens (tertiary/aromatic N) is 4. The highest BCUT2D eigenvalue weighted by Gasteiger charge is 2.26. The average Bonchev–Trinajstić information content (AvgIpc) is 2.29. The smallest absolute Gasteiger partial charge is 0.348 e. The van der Waals surface area contributed by atoms with Gasteiger partial charge in [0.25, 0.3) is 0 Å². The number of likely N-dealkylation sites (N-methyl/N-ethyl adjacent to an activating group) is 1. The van der Waals surface area contributed by atoms with Crippen molar-refractivity contribution in [3.8, 4) is 0 Å². The van der Waals surface area contributed by atoms with Gasteiger partial charge in [0.1, 0.15) is 0 Å². The molecule has 1 fully saturated rings. The Labute approximate surface area is 97.0 Å². The lowest BCUT2D eigenvalue weighted by molar-refractivity contribution is -0.385. The van der Waals surface area contributed by atoms with E-state index in [1.165, 1.54) is 6.33 Å². The van der Waals surface area contributed by atoms with Gasteiger partial charge >= 0.3 is 11.2 Å². The normalized spacial score (nSPS) is 17.1. The van der Waals surface area contributed by atoms with Gasteiger partial charge in [0.05, 0.1) is 11.3 Å². The molecule has 1 aliphatic rings. The zero-order chi connectivity index (χ0) is 12.4. The van der Waals surface area contributed by atoms with Crippen molar-refractivity contribution in [2.45, 2.75) is 0 Å². The molecule has 8 nitrogen and oxygen atoms in total. The third-order valence-corrected chi connectivity index (χ3v) is 2.79. The number of piperazine rings is 1. The first-order valence-corrected chi connectivity index (χ1v) is 5.25. The highest BCUT2D eigenvalue weighted by Crippen LogP contribution is 2.21. The Morgan fingerprint density at radius 1 is 1.41 bits per heavy atom. The fraction of sp³-hybridized carbons (Fsp3) is 0.556. The Morgan fingerprint density at radius 3 is 2.65 bits per heavy atom. The average molecular weight is 239 g/mol. The Balaban J connectivity index is 2.35. The number of hydrogen-bond acceptors (Lipinski definition) is 6. The van der Waals surface area contributed by atoms with Gasteiger partial charge in [-0.1, -0.05) is 0 Å². The van der Waals surface area contributed by atoms with E-state index < -0.39 is 16.2 Å². The van der Waals surface area contributed by atoms with Gasteiger partial charge in [-0.15, -0.1) is 0 Å². The van der Waals surface area contributed by atoms with Crippen LogP contribution in [0, 0.1) is 10.1 Å². The van der Waals surface area contributed by atoms with Gasteiger partial charge in [0.2, 0.25) is 5.82 Å². The Kier molecular flexibility index (Phi) is 3.05. The molecule has 0 bridgehead atoms. The van der Waals surface area contributed by atoms with Crippen molar-refractivity contribution in [3.63, 3.8) is 0 Å². The molecule has 0 aliphatic carbocycles. The molecule has 0 saturated carbocycles. The van der Waals surface area contributed by atoms with Gasteiger partial charge in [0, 0.05) is 26.2 Å². The summed E-state index contributed by atoms with van der Waals surface area (Å²) in [7, 11) is 1.98. The van der Waals surface area contributed by atoms with Crippen molar-refractivity contribution in [1.82, 2.24) is 14.9 Å². The van der Waals surface area contributed by atoms with E-state index >= 15 is 0 Å². The van der Waals surface area contributed by atoms with Crippen LogP contribution in [0.1, 0.15) is 0 Å². The van der Waals surface area contributed by atoms with Crippen LogP contribution in [0.3, 0.4) is 0 Å². The molecule has 1 aromatic heterocycles. The third-order valence-electron chi connectivity index (χ3n) is 2.79. The second-order valence-corrected chi connectivity index (χ2v) is 3.95. The Bertz CT molecular complexity index is 478. The number of anilines is 1. The van der Waals surface area contributed by atoms with Gasteiger partial charge in [-0.3, -0.25) is 14.9 Å². The van der Waals surface area contributed by atoms with Crippen molar-refractivity contribution in [3.05, 3.63) is 26.8 Å². The first-order chi connectivity index (χ1) is 8.09. The van der Waals surface area contributed by atoms with Gasteiger partial charge in [-0.05, 0) is 7.05 Å². The third kappa shape index (κ3) is 2.26. The van der Waals surface area contributed by atoms with Crippen molar-refractivity contribution >= 4 is 11.5 Å². The summed E-state index contributed by atoms with van der Waals surface area (Å²) in [5.41, 5.74) is -1.18. The van der Waals surface area contributed by atoms with E-state index in [1.54, 1.807) is 4.90 Å². The first kappa shape index (κ1) is 11.5. The van der Waals surface area contributed by atoms with Crippen molar-refractivity contribution in [2.24, 2.45) is 0 Å². The number of rotatable bonds is 2. The van der Waals surface area contributed by atoms with Crippen LogP contribution in [0.5, 0.6) is 0 Å². The number of nitro groups is 1. The van der Waals surface area contributed by atoms with Gasteiger partial charge < -0.3 is 14.8 Å². The summed E-state index contributed by atoms with van der Waals surface area (Å²) in [6, 6.07) is 0. The standard InChI is InChI=1S/C9H13N5O3/c1-12-2-4-13(5-3-12)8-7(14(16)17)9(15)11-6-10-8/h6H,2-5H2,1H3,(H,10,11,15). The molecular formula is C9H13N5O3. The van der Waals surface area contributed by atoms with Crippen LogP contribution in [-0.2, 0) is 0 Å². The molecule has 2 heterocycles. The van der Waals surface area contributed by atoms with E-state index in [4.69, 9.17) is 0 Å². The summed E-state index contributed by atoms with van der Waals surface area (Å²) in [4.78, 5) is 31.6. The van der Waals surface area contributed by atoms with Crippen molar-refractivity contribution in [1.29, 1.82) is 0 Å². The number of hydrogen-bond donors (Lipinski definition) is 1. The lowest BCUT2D eigenvalue weighted by Gasteiger charge is -2.32. The number of aromatic amines is 1. The summed E-state index contributed by atoms with van der Waals surface area (Å²) in [6.45, 7) is 2.86. The van der Waals surface area contributed by atoms with Gasteiger partial charge in [0.15, 0.2) is 0 Å². The van der Waals surface area contributed by atoms with Crippen LogP contribution in [0.25, 0.3) is 0 Å². The van der Waals surface area contributed by atoms with Crippen LogP contribution >= 0.6 is 0 Å². The molecular weight excluding hydrogens is 226 g/mol. The highest BCUT2D eigenvalue weighted by atomic mass is 16.6. The lowest BCUT2D eigenvalue weighted by Crippen LogP contribution is -2.45. The molecule has 1 aromatic rings. The number of aromatic nitrogens is 2. The topological polar surface area (TPSA) is 95.4 Å². The van der Waals surface area contributed by atoms with E-state index in [9.17, 15) is 14.9 Å². The van der Waals surface area contributed by atoms with Crippen LogP contribution in [0.4, 0.5) is 11.5 Å². The SMILES string of the molecule is CN1CCN(c2nc[nH]c(=O)c2[N+](=O)[O-])CC1. The number of H-pyrrole nitrogens is 1. The van der Waals surface area contributed by atoms with E-state index in [0.717, 1.165) is 13.1 Å². The van der Waals surface area contributed by atoms with Gasteiger partial charge in [-0.25, -0.2) is 4.98 Å². The molecule has 1 aliphatic heterocycles. The Morgan fingerprint density at radius 2 is 2.06 bits per heavy atom. The number of nitrogens with one attached hydrogen (secondary N) is 1. The molecule has 2 rings (SSSR count). The predicted octanol–water partition coefficient (Wildman–Crippen LogP) is -0.570. The van der Waals surface area contributed by atoms with Crippen LogP contribution < -0.4 is 10.5 Å². The maximum absolute atomic E-state index is 11.4. The quantitative estimate of drug-likeness (QED) is 0.548.